The zero-order chi connectivity index (χ0) is 19.8. The molecule has 0 saturated carbocycles. The van der Waals surface area contributed by atoms with E-state index < -0.39 is 0 Å². The van der Waals surface area contributed by atoms with Crippen molar-refractivity contribution in [1.82, 2.24) is 29.7 Å². The number of H-pyrrole nitrogens is 1. The number of piperidine rings is 1. The van der Waals surface area contributed by atoms with Crippen molar-refractivity contribution >= 4 is 23.6 Å². The number of nitrogens with zero attached hydrogens (tertiary/aromatic N) is 5. The molecule has 1 aliphatic rings. The molecule has 0 spiro atoms. The first kappa shape index (κ1) is 17.7. The van der Waals surface area contributed by atoms with Gasteiger partial charge in [-0.3, -0.25) is 9.78 Å². The quantitative estimate of drug-likeness (QED) is 0.521. The Labute approximate surface area is 171 Å². The monoisotopic (exact) mass is 406 g/mol. The molecule has 0 aliphatic carbocycles. The van der Waals surface area contributed by atoms with Gasteiger partial charge < -0.3 is 9.32 Å². The fraction of sp³-hybridized carbons (Fsp3) is 0.250. The number of amides is 1. The van der Waals surface area contributed by atoms with Crippen LogP contribution < -0.4 is 0 Å². The summed E-state index contributed by atoms with van der Waals surface area (Å²) in [7, 11) is 0. The molecule has 5 heterocycles. The first-order valence-electron chi connectivity index (χ1n) is 9.49. The second-order valence-electron chi connectivity index (χ2n) is 6.97. The van der Waals surface area contributed by atoms with E-state index in [1.54, 1.807) is 16.9 Å². The van der Waals surface area contributed by atoms with Crippen LogP contribution >= 0.6 is 12.2 Å². The maximum Gasteiger partial charge on any atom is 0.284 e. The first-order chi connectivity index (χ1) is 14.2. The summed E-state index contributed by atoms with van der Waals surface area (Å²) in [6.07, 6.45) is 6.69. The Hall–Kier alpha value is -3.33. The third-order valence-electron chi connectivity index (χ3n) is 5.13. The van der Waals surface area contributed by atoms with Gasteiger partial charge in [0.1, 0.15) is 5.69 Å². The van der Waals surface area contributed by atoms with Crippen LogP contribution in [0.15, 0.2) is 47.1 Å². The van der Waals surface area contributed by atoms with Crippen molar-refractivity contribution in [2.45, 2.75) is 19.3 Å². The summed E-state index contributed by atoms with van der Waals surface area (Å²) in [6, 6.07) is 9.53. The van der Waals surface area contributed by atoms with Crippen molar-refractivity contribution in [3.05, 3.63) is 53.1 Å². The average Bonchev–Trinajstić information content (AvgIpc) is 3.40. The number of nitrogens with one attached hydrogen (secondary N) is 1. The second-order valence-corrected chi connectivity index (χ2v) is 7.34. The maximum absolute atomic E-state index is 13.0. The molecular formula is C20H18N6O2S. The Morgan fingerprint density at radius 1 is 1.10 bits per heavy atom. The Kier molecular flexibility index (Phi) is 4.44. The Morgan fingerprint density at radius 3 is 2.69 bits per heavy atom. The number of pyridine rings is 2. The van der Waals surface area contributed by atoms with Gasteiger partial charge in [0.2, 0.25) is 0 Å². The molecule has 5 rings (SSSR count). The molecule has 29 heavy (non-hydrogen) atoms. The van der Waals surface area contributed by atoms with Crippen LogP contribution in [0.2, 0.25) is 0 Å². The number of likely N-dealkylation sites (tertiary alicyclic amines) is 1. The molecule has 0 unspecified atom stereocenters. The summed E-state index contributed by atoms with van der Waals surface area (Å²) >= 11 is 4.90. The number of hydrogen-bond donors (Lipinski definition) is 1. The number of fused-ring (bicyclic) bond motifs is 1. The number of hydrogen-bond acceptors (Lipinski definition) is 6. The minimum absolute atomic E-state index is 0.0465. The zero-order valence-electron chi connectivity index (χ0n) is 15.5. The normalized spacial score (nSPS) is 14.4. The maximum atomic E-state index is 13.0. The lowest BCUT2D eigenvalue weighted by molar-refractivity contribution is 0.0726. The van der Waals surface area contributed by atoms with Crippen molar-refractivity contribution in [3.8, 4) is 22.8 Å². The number of aromatic amines is 1. The molecule has 0 aromatic carbocycles. The van der Waals surface area contributed by atoms with Gasteiger partial charge in [-0.1, -0.05) is 6.07 Å². The van der Waals surface area contributed by atoms with Crippen LogP contribution in [-0.4, -0.2) is 48.7 Å². The first-order valence-corrected chi connectivity index (χ1v) is 9.90. The van der Waals surface area contributed by atoms with Gasteiger partial charge in [-0.2, -0.15) is 5.10 Å². The molecule has 8 nitrogen and oxygen atoms in total. The van der Waals surface area contributed by atoms with E-state index in [4.69, 9.17) is 16.6 Å². The highest BCUT2D eigenvalue weighted by Crippen LogP contribution is 2.25. The highest BCUT2D eigenvalue weighted by atomic mass is 32.1. The molecule has 0 atom stereocenters. The van der Waals surface area contributed by atoms with Crippen molar-refractivity contribution in [2.75, 3.05) is 13.1 Å². The minimum atomic E-state index is 0.0465. The van der Waals surface area contributed by atoms with Gasteiger partial charge in [-0.05, 0) is 55.7 Å². The zero-order valence-corrected chi connectivity index (χ0v) is 16.4. The van der Waals surface area contributed by atoms with E-state index in [0.29, 0.717) is 17.1 Å². The SMILES string of the molecule is O=C(c1cnn2c(-c3ccc(-c4n[nH]c(=S)o4)nc3)cccc12)N1CCCCC1. The summed E-state index contributed by atoms with van der Waals surface area (Å²) in [6.45, 7) is 1.62. The van der Waals surface area contributed by atoms with Gasteiger partial charge >= 0.3 is 0 Å². The molecule has 1 aliphatic heterocycles. The number of aromatic nitrogens is 5. The van der Waals surface area contributed by atoms with Gasteiger partial charge in [-0.25, -0.2) is 9.61 Å². The van der Waals surface area contributed by atoms with Crippen LogP contribution in [0.4, 0.5) is 0 Å². The van der Waals surface area contributed by atoms with Crippen molar-refractivity contribution in [2.24, 2.45) is 0 Å². The van der Waals surface area contributed by atoms with Crippen LogP contribution in [-0.2, 0) is 0 Å². The predicted molar refractivity (Wildman–Crippen MR) is 109 cm³/mol. The number of carbonyl (C=O) groups is 1. The molecule has 146 valence electrons. The van der Waals surface area contributed by atoms with Gasteiger partial charge in [0, 0.05) is 24.8 Å². The van der Waals surface area contributed by atoms with Gasteiger partial charge in [0.15, 0.2) is 0 Å². The van der Waals surface area contributed by atoms with Crippen LogP contribution in [0.1, 0.15) is 29.6 Å². The molecule has 0 bridgehead atoms. The van der Waals surface area contributed by atoms with Crippen molar-refractivity contribution in [1.29, 1.82) is 0 Å². The van der Waals surface area contributed by atoms with E-state index in [0.717, 1.165) is 42.7 Å². The van der Waals surface area contributed by atoms with Gasteiger partial charge in [0.25, 0.3) is 16.6 Å². The summed E-state index contributed by atoms with van der Waals surface area (Å²) in [5.41, 5.74) is 3.72. The van der Waals surface area contributed by atoms with E-state index in [9.17, 15) is 4.79 Å². The highest BCUT2D eigenvalue weighted by Gasteiger charge is 2.22. The van der Waals surface area contributed by atoms with E-state index in [-0.39, 0.29) is 10.7 Å². The Balaban J connectivity index is 1.50. The fourth-order valence-corrected chi connectivity index (χ4v) is 3.80. The van der Waals surface area contributed by atoms with Gasteiger partial charge in [-0.15, -0.1) is 5.10 Å². The average molecular weight is 406 g/mol. The standard InChI is InChI=1S/C20H18N6O2S/c27-19(25-9-2-1-3-10-25)14-12-22-26-16(5-4-6-17(14)26)13-7-8-15(21-11-13)18-23-24-20(29)28-18/h4-8,11-12H,1-3,9-10H2,(H,24,29). The second kappa shape index (κ2) is 7.25. The Bertz CT molecular complexity index is 1230. The number of rotatable bonds is 3. The number of carbonyl (C=O) groups excluding carboxylic acids is 1. The van der Waals surface area contributed by atoms with Crippen LogP contribution in [0.25, 0.3) is 28.4 Å². The molecule has 1 saturated heterocycles. The van der Waals surface area contributed by atoms with Crippen molar-refractivity contribution < 1.29 is 9.21 Å². The lowest BCUT2D eigenvalue weighted by Crippen LogP contribution is -2.35. The van der Waals surface area contributed by atoms with Crippen LogP contribution in [0.3, 0.4) is 0 Å². The molecular weight excluding hydrogens is 388 g/mol. The molecule has 9 heteroatoms. The molecule has 1 amide bonds. The molecule has 1 N–H and O–H groups in total. The lowest BCUT2D eigenvalue weighted by atomic mass is 10.1. The molecule has 0 radical (unpaired) electrons. The fourth-order valence-electron chi connectivity index (χ4n) is 3.67. The smallest absolute Gasteiger partial charge is 0.284 e. The minimum Gasteiger partial charge on any atom is -0.408 e. The largest absolute Gasteiger partial charge is 0.408 e. The van der Waals surface area contributed by atoms with Crippen LogP contribution in [0, 0.1) is 4.84 Å². The van der Waals surface area contributed by atoms with E-state index in [1.807, 2.05) is 35.2 Å². The Morgan fingerprint density at radius 2 is 1.97 bits per heavy atom. The summed E-state index contributed by atoms with van der Waals surface area (Å²) in [5, 5.41) is 11.1. The third-order valence-corrected chi connectivity index (χ3v) is 5.31. The predicted octanol–water partition coefficient (Wildman–Crippen LogP) is 3.73. The summed E-state index contributed by atoms with van der Waals surface area (Å²) < 4.78 is 7.08. The molecule has 4 aromatic rings. The van der Waals surface area contributed by atoms with E-state index in [2.05, 4.69) is 20.3 Å². The third kappa shape index (κ3) is 3.23. The summed E-state index contributed by atoms with van der Waals surface area (Å²) in [4.78, 5) is 19.5. The lowest BCUT2D eigenvalue weighted by Gasteiger charge is -2.26. The van der Waals surface area contributed by atoms with Crippen LogP contribution in [0.5, 0.6) is 0 Å². The van der Waals surface area contributed by atoms with E-state index >= 15 is 0 Å². The molecule has 4 aromatic heterocycles. The van der Waals surface area contributed by atoms with E-state index in [1.165, 1.54) is 6.42 Å². The van der Waals surface area contributed by atoms with Crippen molar-refractivity contribution in [3.63, 3.8) is 0 Å². The summed E-state index contributed by atoms with van der Waals surface area (Å²) in [5.74, 6) is 0.387. The molecule has 1 fully saturated rings. The topological polar surface area (TPSA) is 92.3 Å². The van der Waals surface area contributed by atoms with Gasteiger partial charge in [0.05, 0.1) is 23.0 Å². The highest BCUT2D eigenvalue weighted by molar-refractivity contribution is 7.71.